The van der Waals surface area contributed by atoms with Crippen molar-refractivity contribution in [3.8, 4) is 0 Å². The predicted octanol–water partition coefficient (Wildman–Crippen LogP) is -1.80. The van der Waals surface area contributed by atoms with Crippen molar-refractivity contribution in [3.63, 3.8) is 0 Å². The summed E-state index contributed by atoms with van der Waals surface area (Å²) >= 11 is 0. The quantitative estimate of drug-likeness (QED) is 0.164. The number of ether oxygens (including phenoxy) is 1. The third-order valence-electron chi connectivity index (χ3n) is 4.29. The molecule has 3 heterocycles. The number of imidazole rings is 1. The number of aromatic nitrogens is 4. The van der Waals surface area contributed by atoms with Crippen LogP contribution in [0.25, 0.3) is 11.2 Å². The summed E-state index contributed by atoms with van der Waals surface area (Å²) in [5, 5.41) is 20.2. The van der Waals surface area contributed by atoms with E-state index in [2.05, 4.69) is 28.1 Å². The monoisotopic (exact) mass is 536 g/mol. The molecule has 0 amide bonds. The molecule has 0 radical (unpaired) electrons. The van der Waals surface area contributed by atoms with Gasteiger partial charge in [0.1, 0.15) is 11.6 Å². The normalized spacial score (nSPS) is 27.5. The second-order valence-corrected chi connectivity index (χ2v) is 11.0. The maximum atomic E-state index is 11.9. The summed E-state index contributed by atoms with van der Waals surface area (Å²) in [4.78, 5) is 47.6. The third-order valence-corrected chi connectivity index (χ3v) is 8.09. The topological polar surface area (TPSA) is 305 Å². The van der Waals surface area contributed by atoms with E-state index in [0.717, 1.165) is 0 Å². The van der Waals surface area contributed by atoms with Crippen molar-refractivity contribution in [1.82, 2.24) is 19.5 Å². The zero-order valence-corrected chi connectivity index (χ0v) is 18.8. The third kappa shape index (κ3) is 6.12. The number of hydrogen-bond acceptors (Lipinski definition) is 14. The Morgan fingerprint density at radius 1 is 1.09 bits per heavy atom. The molecule has 0 bridgehead atoms. The SMILES string of the molecule is Nc1nc(N)c2ncn([C@@H]3O[C@H](COP(=O)(O)OP(=O)(O)OP(=O)(O)O)[C@@H](CO)[C@H]3O)c2n1. The van der Waals surface area contributed by atoms with Crippen molar-refractivity contribution >= 4 is 46.4 Å². The van der Waals surface area contributed by atoms with Gasteiger partial charge in [0.2, 0.25) is 5.95 Å². The number of nitrogens with zero attached hydrogens (tertiary/aromatic N) is 4. The minimum Gasteiger partial charge on any atom is -0.396 e. The fourth-order valence-corrected chi connectivity index (χ4v) is 6.05. The van der Waals surface area contributed by atoms with Gasteiger partial charge in [-0.15, -0.1) is 0 Å². The molecular weight excluding hydrogens is 517 g/mol. The van der Waals surface area contributed by atoms with Crippen LogP contribution in [-0.4, -0.2) is 74.7 Å². The number of rotatable bonds is 9. The molecule has 6 atom stereocenters. The second kappa shape index (κ2) is 9.24. The summed E-state index contributed by atoms with van der Waals surface area (Å²) in [5.41, 5.74) is 11.5. The molecule has 1 saturated heterocycles. The Labute approximate surface area is 183 Å². The molecule has 22 heteroatoms. The molecular formula is C11H19N6O13P3. The van der Waals surface area contributed by atoms with E-state index in [1.54, 1.807) is 0 Å². The van der Waals surface area contributed by atoms with Gasteiger partial charge in [0.05, 0.1) is 25.6 Å². The Morgan fingerprint density at radius 2 is 1.76 bits per heavy atom. The Hall–Kier alpha value is -1.56. The highest BCUT2D eigenvalue weighted by Gasteiger charge is 2.47. The Bertz CT molecular complexity index is 1170. The first-order chi connectivity index (χ1) is 15.1. The van der Waals surface area contributed by atoms with Gasteiger partial charge in [-0.1, -0.05) is 0 Å². The highest BCUT2D eigenvalue weighted by molar-refractivity contribution is 7.66. The molecule has 1 fully saturated rings. The average molecular weight is 536 g/mol. The molecule has 2 aromatic heterocycles. The minimum absolute atomic E-state index is 0.0494. The minimum atomic E-state index is -5.71. The van der Waals surface area contributed by atoms with Gasteiger partial charge in [-0.3, -0.25) is 9.09 Å². The maximum Gasteiger partial charge on any atom is 0.490 e. The summed E-state index contributed by atoms with van der Waals surface area (Å²) < 4.78 is 52.5. The molecule has 19 nitrogen and oxygen atoms in total. The number of fused-ring (bicyclic) bond motifs is 1. The van der Waals surface area contributed by atoms with Gasteiger partial charge in [0.15, 0.2) is 17.7 Å². The zero-order chi connectivity index (χ0) is 24.8. The second-order valence-electron chi connectivity index (χ2n) is 6.58. The predicted molar refractivity (Wildman–Crippen MR) is 104 cm³/mol. The van der Waals surface area contributed by atoms with Crippen LogP contribution in [0.4, 0.5) is 11.8 Å². The first-order valence-electron chi connectivity index (χ1n) is 8.61. The lowest BCUT2D eigenvalue weighted by molar-refractivity contribution is -0.0490. The van der Waals surface area contributed by atoms with Gasteiger partial charge >= 0.3 is 23.5 Å². The largest absolute Gasteiger partial charge is 0.490 e. The maximum absolute atomic E-state index is 11.9. The van der Waals surface area contributed by atoms with Crippen molar-refractivity contribution < 1.29 is 61.4 Å². The van der Waals surface area contributed by atoms with Crippen LogP contribution in [0.3, 0.4) is 0 Å². The standard InChI is InChI=1S/C11H19N6O13P3/c12-8-6-9(16-11(13)15-8)17(3-14-6)10-7(19)4(1-18)5(28-10)2-27-32(23,24)30-33(25,26)29-31(20,21)22/h3-5,7,10,18-19H,1-2H2,(H,23,24)(H,25,26)(H2,20,21,22)(H4,12,13,15,16)/t4-,5-,7-,10-/m1/s1. The van der Waals surface area contributed by atoms with Crippen LogP contribution in [0.5, 0.6) is 0 Å². The fraction of sp³-hybridized carbons (Fsp3) is 0.545. The van der Waals surface area contributed by atoms with Gasteiger partial charge in [0.25, 0.3) is 0 Å². The van der Waals surface area contributed by atoms with Crippen molar-refractivity contribution in [2.75, 3.05) is 24.7 Å². The van der Waals surface area contributed by atoms with Crippen LogP contribution in [0.2, 0.25) is 0 Å². The molecule has 186 valence electrons. The number of hydrogen-bond donors (Lipinski definition) is 8. The lowest BCUT2D eigenvalue weighted by Crippen LogP contribution is -2.31. The van der Waals surface area contributed by atoms with Gasteiger partial charge in [-0.2, -0.15) is 18.6 Å². The lowest BCUT2D eigenvalue weighted by Gasteiger charge is -2.20. The Morgan fingerprint density at radius 3 is 2.36 bits per heavy atom. The molecule has 0 spiro atoms. The van der Waals surface area contributed by atoms with Crippen LogP contribution in [0.15, 0.2) is 6.33 Å². The molecule has 1 aliphatic heterocycles. The number of phosphoric acid groups is 3. The summed E-state index contributed by atoms with van der Waals surface area (Å²) in [6.07, 6.45) is -2.77. The number of nitrogens with two attached hydrogens (primary N) is 2. The van der Waals surface area contributed by atoms with E-state index >= 15 is 0 Å². The molecule has 33 heavy (non-hydrogen) atoms. The van der Waals surface area contributed by atoms with Crippen molar-refractivity contribution in [2.45, 2.75) is 18.4 Å². The molecule has 0 saturated carbocycles. The molecule has 1 aliphatic rings. The number of anilines is 2. The molecule has 2 unspecified atom stereocenters. The average Bonchev–Trinajstić information content (AvgIpc) is 3.17. The van der Waals surface area contributed by atoms with Crippen molar-refractivity contribution in [1.29, 1.82) is 0 Å². The van der Waals surface area contributed by atoms with Gasteiger partial charge in [-0.25, -0.2) is 18.7 Å². The lowest BCUT2D eigenvalue weighted by atomic mass is 9.99. The molecule has 10 N–H and O–H groups in total. The van der Waals surface area contributed by atoms with Gasteiger partial charge in [0, 0.05) is 5.92 Å². The number of aliphatic hydroxyl groups is 2. The molecule has 3 rings (SSSR count). The highest BCUT2D eigenvalue weighted by Crippen LogP contribution is 2.66. The zero-order valence-electron chi connectivity index (χ0n) is 16.1. The van der Waals surface area contributed by atoms with E-state index in [1.807, 2.05) is 0 Å². The van der Waals surface area contributed by atoms with E-state index in [0.29, 0.717) is 0 Å². The summed E-state index contributed by atoms with van der Waals surface area (Å²) in [6, 6.07) is 0. The van der Waals surface area contributed by atoms with Crippen LogP contribution >= 0.6 is 23.5 Å². The summed E-state index contributed by atoms with van der Waals surface area (Å²) in [7, 11) is -16.7. The van der Waals surface area contributed by atoms with Gasteiger partial charge in [-0.05, 0) is 0 Å². The smallest absolute Gasteiger partial charge is 0.396 e. The van der Waals surface area contributed by atoms with Crippen molar-refractivity contribution in [2.24, 2.45) is 5.92 Å². The van der Waals surface area contributed by atoms with E-state index in [1.165, 1.54) is 10.9 Å². The molecule has 0 aromatic carbocycles. The van der Waals surface area contributed by atoms with Gasteiger partial charge < -0.3 is 46.0 Å². The van der Waals surface area contributed by atoms with Crippen molar-refractivity contribution in [3.05, 3.63) is 6.33 Å². The first-order valence-corrected chi connectivity index (χ1v) is 13.1. The van der Waals surface area contributed by atoms with E-state index < -0.39 is 61.0 Å². The summed E-state index contributed by atoms with van der Waals surface area (Å²) in [5.74, 6) is -1.35. The number of nitrogen functional groups attached to an aromatic ring is 2. The molecule has 0 aliphatic carbocycles. The number of aliphatic hydroxyl groups excluding tert-OH is 2. The van der Waals surface area contributed by atoms with Crippen LogP contribution in [0, 0.1) is 5.92 Å². The highest BCUT2D eigenvalue weighted by atomic mass is 31.3. The Kier molecular flexibility index (Phi) is 7.29. The van der Waals surface area contributed by atoms with Crippen LogP contribution in [0.1, 0.15) is 6.23 Å². The van der Waals surface area contributed by atoms with Crippen LogP contribution < -0.4 is 11.5 Å². The van der Waals surface area contributed by atoms with Crippen LogP contribution in [-0.2, 0) is 31.6 Å². The fourth-order valence-electron chi connectivity index (χ4n) is 3.02. The van der Waals surface area contributed by atoms with E-state index in [4.69, 9.17) is 26.0 Å². The number of phosphoric ester groups is 1. The van der Waals surface area contributed by atoms with E-state index in [9.17, 15) is 33.7 Å². The van der Waals surface area contributed by atoms with E-state index in [-0.39, 0.29) is 22.9 Å². The summed E-state index contributed by atoms with van der Waals surface area (Å²) in [6.45, 7) is -1.57. The Balaban J connectivity index is 1.76. The molecule has 2 aromatic rings. The first kappa shape index (κ1) is 26.1.